The van der Waals surface area contributed by atoms with Crippen molar-refractivity contribution in [2.75, 3.05) is 0 Å². The van der Waals surface area contributed by atoms with Gasteiger partial charge in [0, 0.05) is 17.2 Å². The van der Waals surface area contributed by atoms with Gasteiger partial charge in [-0.15, -0.1) is 13.2 Å². The van der Waals surface area contributed by atoms with E-state index in [1.54, 1.807) is 0 Å². The quantitative estimate of drug-likeness (QED) is 0.632. The highest BCUT2D eigenvalue weighted by Crippen LogP contribution is 2.40. The van der Waals surface area contributed by atoms with Crippen LogP contribution in [0.15, 0.2) is 36.6 Å². The number of allylic oxidation sites excluding steroid dienone is 1. The van der Waals surface area contributed by atoms with Crippen molar-refractivity contribution >= 4 is 0 Å². The molecule has 1 aliphatic rings. The Kier molecular flexibility index (Phi) is 2.62. The van der Waals surface area contributed by atoms with E-state index in [2.05, 4.69) is 13.2 Å². The topological polar surface area (TPSA) is 52.0 Å². The van der Waals surface area contributed by atoms with E-state index in [0.29, 0.717) is 0 Å². The van der Waals surface area contributed by atoms with Gasteiger partial charge in [-0.3, -0.25) is 0 Å². The van der Waals surface area contributed by atoms with Gasteiger partial charge in [0.05, 0.1) is 0 Å². The summed E-state index contributed by atoms with van der Waals surface area (Å²) in [7, 11) is 0. The first-order valence-electron chi connectivity index (χ1n) is 4.57. The molecule has 0 aliphatic heterocycles. The molecule has 0 saturated carbocycles. The molecular weight excluding hydrogens is 160 g/mol. The molecule has 0 aromatic carbocycles. The number of hydrogen-bond donors (Lipinski definition) is 2. The molecule has 72 valence electrons. The first kappa shape index (κ1) is 10.1. The van der Waals surface area contributed by atoms with E-state index in [1.165, 1.54) is 0 Å². The molecule has 0 heterocycles. The molecule has 0 spiro atoms. The zero-order valence-corrected chi connectivity index (χ0v) is 8.22. The summed E-state index contributed by atoms with van der Waals surface area (Å²) >= 11 is 0. The van der Waals surface area contributed by atoms with Crippen molar-refractivity contribution in [2.45, 2.75) is 25.8 Å². The molecule has 0 amide bonds. The van der Waals surface area contributed by atoms with Crippen LogP contribution in [0.4, 0.5) is 0 Å². The maximum Gasteiger partial charge on any atom is 0.0434 e. The van der Waals surface area contributed by atoms with E-state index in [9.17, 15) is 0 Å². The zero-order valence-electron chi connectivity index (χ0n) is 8.22. The average Bonchev–Trinajstić information content (AvgIpc) is 2.15. The van der Waals surface area contributed by atoms with Gasteiger partial charge >= 0.3 is 0 Å². The fourth-order valence-corrected chi connectivity index (χ4v) is 1.99. The van der Waals surface area contributed by atoms with E-state index in [-0.39, 0.29) is 11.5 Å². The van der Waals surface area contributed by atoms with Gasteiger partial charge < -0.3 is 11.5 Å². The molecule has 0 aromatic heterocycles. The Morgan fingerprint density at radius 2 is 2.00 bits per heavy atom. The van der Waals surface area contributed by atoms with Crippen molar-refractivity contribution in [3.05, 3.63) is 36.6 Å². The van der Waals surface area contributed by atoms with Crippen molar-refractivity contribution in [3.63, 3.8) is 0 Å². The Morgan fingerprint density at radius 3 is 2.38 bits per heavy atom. The van der Waals surface area contributed by atoms with Crippen LogP contribution in [0.1, 0.15) is 19.8 Å². The molecule has 2 nitrogen and oxygen atoms in total. The minimum atomic E-state index is -0.289. The van der Waals surface area contributed by atoms with E-state index in [0.717, 1.165) is 24.1 Å². The molecule has 4 N–H and O–H groups in total. The summed E-state index contributed by atoms with van der Waals surface area (Å²) in [5.41, 5.74) is 13.7. The lowest BCUT2D eigenvalue weighted by Gasteiger charge is -2.39. The highest BCUT2D eigenvalue weighted by molar-refractivity contribution is 5.35. The largest absolute Gasteiger partial charge is 0.402 e. The summed E-state index contributed by atoms with van der Waals surface area (Å²) in [6.45, 7) is 9.65. The molecule has 0 radical (unpaired) electrons. The van der Waals surface area contributed by atoms with Crippen LogP contribution in [0.3, 0.4) is 0 Å². The number of nitrogens with two attached hydrogens (primary N) is 2. The van der Waals surface area contributed by atoms with Gasteiger partial charge in [-0.2, -0.15) is 0 Å². The number of rotatable bonds is 2. The third-order valence-electron chi connectivity index (χ3n) is 3.14. The predicted molar refractivity (Wildman–Crippen MR) is 56.9 cm³/mol. The number of hydrogen-bond acceptors (Lipinski definition) is 2. The molecule has 0 saturated heterocycles. The molecular formula is C11H18N2. The van der Waals surface area contributed by atoms with E-state index < -0.39 is 0 Å². The van der Waals surface area contributed by atoms with Crippen LogP contribution in [0.2, 0.25) is 0 Å². The minimum Gasteiger partial charge on any atom is -0.402 e. The van der Waals surface area contributed by atoms with Crippen molar-refractivity contribution in [1.29, 1.82) is 0 Å². The van der Waals surface area contributed by atoms with Crippen molar-refractivity contribution < 1.29 is 0 Å². The third-order valence-corrected chi connectivity index (χ3v) is 3.14. The SMILES string of the molecule is C=CC1(C=C)C(C)=C(N)CCC1N. The maximum absolute atomic E-state index is 6.06. The summed E-state index contributed by atoms with van der Waals surface area (Å²) in [6, 6.07) is 0.0646. The molecule has 0 fully saturated rings. The lowest BCUT2D eigenvalue weighted by molar-refractivity contribution is 0.393. The first-order chi connectivity index (χ1) is 6.08. The van der Waals surface area contributed by atoms with Crippen molar-refractivity contribution in [1.82, 2.24) is 0 Å². The fourth-order valence-electron chi connectivity index (χ4n) is 1.99. The Balaban J connectivity index is 3.23. The van der Waals surface area contributed by atoms with Crippen LogP contribution >= 0.6 is 0 Å². The van der Waals surface area contributed by atoms with Crippen molar-refractivity contribution in [3.8, 4) is 0 Å². The predicted octanol–water partition coefficient (Wildman–Crippen LogP) is 1.70. The summed E-state index contributed by atoms with van der Waals surface area (Å²) < 4.78 is 0. The standard InChI is InChI=1S/C11H18N2/c1-4-11(5-2)8(3)9(12)6-7-10(11)13/h4-5,10H,1-2,6-7,12-13H2,3H3. The van der Waals surface area contributed by atoms with Crippen LogP contribution < -0.4 is 11.5 Å². The Hall–Kier alpha value is -1.02. The van der Waals surface area contributed by atoms with Gasteiger partial charge in [0.2, 0.25) is 0 Å². The summed E-state index contributed by atoms with van der Waals surface area (Å²) in [5.74, 6) is 0. The average molecular weight is 178 g/mol. The van der Waals surface area contributed by atoms with Gasteiger partial charge in [-0.1, -0.05) is 12.2 Å². The highest BCUT2D eigenvalue weighted by Gasteiger charge is 2.36. The minimum absolute atomic E-state index is 0.0646. The Morgan fingerprint density at radius 1 is 1.46 bits per heavy atom. The van der Waals surface area contributed by atoms with Crippen LogP contribution in [0.25, 0.3) is 0 Å². The zero-order chi connectivity index (χ0) is 10.1. The molecule has 0 bridgehead atoms. The Bertz CT molecular complexity index is 255. The second-order valence-electron chi connectivity index (χ2n) is 3.64. The molecule has 1 aliphatic carbocycles. The van der Waals surface area contributed by atoms with Gasteiger partial charge in [0.15, 0.2) is 0 Å². The van der Waals surface area contributed by atoms with Gasteiger partial charge in [0.1, 0.15) is 0 Å². The second-order valence-corrected chi connectivity index (χ2v) is 3.64. The lowest BCUT2D eigenvalue weighted by Crippen LogP contribution is -2.43. The molecule has 1 rings (SSSR count). The van der Waals surface area contributed by atoms with Gasteiger partial charge in [-0.05, 0) is 25.3 Å². The molecule has 2 heteroatoms. The molecule has 1 unspecified atom stereocenters. The molecule has 13 heavy (non-hydrogen) atoms. The second kappa shape index (κ2) is 3.38. The van der Waals surface area contributed by atoms with Crippen LogP contribution in [-0.4, -0.2) is 6.04 Å². The van der Waals surface area contributed by atoms with Gasteiger partial charge in [0.25, 0.3) is 0 Å². The monoisotopic (exact) mass is 178 g/mol. The van der Waals surface area contributed by atoms with E-state index in [1.807, 2.05) is 19.1 Å². The van der Waals surface area contributed by atoms with E-state index >= 15 is 0 Å². The van der Waals surface area contributed by atoms with Crippen LogP contribution in [0, 0.1) is 5.41 Å². The molecule has 0 aromatic rings. The highest BCUT2D eigenvalue weighted by atomic mass is 14.7. The normalized spacial score (nSPS) is 27.1. The third kappa shape index (κ3) is 1.31. The first-order valence-corrected chi connectivity index (χ1v) is 4.57. The fraction of sp³-hybridized carbons (Fsp3) is 0.455. The van der Waals surface area contributed by atoms with E-state index in [4.69, 9.17) is 11.5 Å². The maximum atomic E-state index is 6.06. The smallest absolute Gasteiger partial charge is 0.0434 e. The summed E-state index contributed by atoms with van der Waals surface area (Å²) in [4.78, 5) is 0. The molecule has 1 atom stereocenters. The van der Waals surface area contributed by atoms with Crippen molar-refractivity contribution in [2.24, 2.45) is 16.9 Å². The van der Waals surface area contributed by atoms with Gasteiger partial charge in [-0.25, -0.2) is 0 Å². The lowest BCUT2D eigenvalue weighted by atomic mass is 9.69. The van der Waals surface area contributed by atoms with Crippen LogP contribution in [-0.2, 0) is 0 Å². The summed E-state index contributed by atoms with van der Waals surface area (Å²) in [6.07, 6.45) is 5.50. The Labute approximate surface area is 80.0 Å². The van der Waals surface area contributed by atoms with Crippen LogP contribution in [0.5, 0.6) is 0 Å². The summed E-state index contributed by atoms with van der Waals surface area (Å²) in [5, 5.41) is 0.